The van der Waals surface area contributed by atoms with Crippen LogP contribution < -0.4 is 5.32 Å². The standard InChI is InChI=1S/C39H65NO3/c1-3-5-7-9-11-13-15-16-17-18-19-20-21-22-23-24-25-27-29-31-33-35-39(43)40-37(36-41)38(42)34-32-30-28-26-14-12-10-8-6-4-2/h5,7,11,13,16-17,19-20,22-23,25,27,32,34,37-38,41-42H,3-4,6,8-10,12,14-15,18,21,24,26,28-31,33,35-36H2,1-2H3,(H,40,43)/b7-5-,13-11-,17-16-,20-19-,23-22-,27-25-,34-32+. The number of amides is 1. The van der Waals surface area contributed by atoms with E-state index in [1.165, 1.54) is 44.9 Å². The van der Waals surface area contributed by atoms with Crippen LogP contribution in [-0.4, -0.2) is 34.9 Å². The summed E-state index contributed by atoms with van der Waals surface area (Å²) in [5.41, 5.74) is 0. The van der Waals surface area contributed by atoms with Gasteiger partial charge in [-0.2, -0.15) is 0 Å². The van der Waals surface area contributed by atoms with Crippen LogP contribution >= 0.6 is 0 Å². The van der Waals surface area contributed by atoms with Crippen molar-refractivity contribution >= 4 is 5.91 Å². The maximum absolute atomic E-state index is 12.3. The highest BCUT2D eigenvalue weighted by Gasteiger charge is 2.17. The van der Waals surface area contributed by atoms with Gasteiger partial charge in [0.1, 0.15) is 0 Å². The molecule has 1 amide bonds. The molecule has 0 aromatic heterocycles. The van der Waals surface area contributed by atoms with Crippen LogP contribution in [0.2, 0.25) is 0 Å². The van der Waals surface area contributed by atoms with Gasteiger partial charge in [-0.25, -0.2) is 0 Å². The first-order valence-electron chi connectivity index (χ1n) is 17.3. The number of hydrogen-bond acceptors (Lipinski definition) is 3. The van der Waals surface area contributed by atoms with Gasteiger partial charge in [0, 0.05) is 6.42 Å². The molecule has 244 valence electrons. The first kappa shape index (κ1) is 40.6. The Morgan fingerprint density at radius 2 is 1.02 bits per heavy atom. The third-order valence-electron chi connectivity index (χ3n) is 7.13. The number of nitrogens with one attached hydrogen (secondary N) is 1. The number of allylic oxidation sites excluding steroid dienone is 13. The Kier molecular flexibility index (Phi) is 32.1. The number of aliphatic hydroxyl groups excluding tert-OH is 2. The summed E-state index contributed by atoms with van der Waals surface area (Å²) in [6, 6.07) is -0.648. The number of hydrogen-bond donors (Lipinski definition) is 3. The minimum atomic E-state index is -0.859. The Labute approximate surface area is 265 Å². The summed E-state index contributed by atoms with van der Waals surface area (Å²) >= 11 is 0. The normalized spacial score (nSPS) is 14.2. The second kappa shape index (κ2) is 34.1. The molecular weight excluding hydrogens is 530 g/mol. The molecule has 4 nitrogen and oxygen atoms in total. The molecule has 0 aliphatic rings. The van der Waals surface area contributed by atoms with E-state index in [4.69, 9.17) is 0 Å². The average molecular weight is 596 g/mol. The lowest BCUT2D eigenvalue weighted by atomic mass is 10.1. The SMILES string of the molecule is CC/C=C\C/C=C\C/C=C\C/C=C\C/C=C\C/C=C\CCCCC(=O)NC(CO)C(O)/C=C/CCCCCCCCCC. The molecule has 0 spiro atoms. The maximum atomic E-state index is 12.3. The summed E-state index contributed by atoms with van der Waals surface area (Å²) in [5, 5.41) is 22.7. The summed E-state index contributed by atoms with van der Waals surface area (Å²) in [5.74, 6) is -0.114. The molecule has 0 saturated heterocycles. The fraction of sp³-hybridized carbons (Fsp3) is 0.615. The number of carbonyl (C=O) groups is 1. The van der Waals surface area contributed by atoms with Crippen molar-refractivity contribution in [3.05, 3.63) is 85.1 Å². The Bertz CT molecular complexity index is 818. The smallest absolute Gasteiger partial charge is 0.220 e. The van der Waals surface area contributed by atoms with Gasteiger partial charge in [0.05, 0.1) is 18.8 Å². The topological polar surface area (TPSA) is 69.6 Å². The van der Waals surface area contributed by atoms with Gasteiger partial charge in [-0.05, 0) is 70.6 Å². The molecule has 0 saturated carbocycles. The van der Waals surface area contributed by atoms with Gasteiger partial charge < -0.3 is 15.5 Å². The van der Waals surface area contributed by atoms with Gasteiger partial charge in [-0.1, -0.05) is 144 Å². The van der Waals surface area contributed by atoms with Gasteiger partial charge in [0.2, 0.25) is 5.91 Å². The Hall–Kier alpha value is -2.43. The van der Waals surface area contributed by atoms with E-state index < -0.39 is 12.1 Å². The first-order valence-corrected chi connectivity index (χ1v) is 17.3. The highest BCUT2D eigenvalue weighted by atomic mass is 16.3. The summed E-state index contributed by atoms with van der Waals surface area (Å²) in [6.45, 7) is 4.12. The number of unbranched alkanes of at least 4 members (excludes halogenated alkanes) is 10. The van der Waals surface area contributed by atoms with Crippen LogP contribution in [-0.2, 0) is 4.79 Å². The zero-order chi connectivity index (χ0) is 31.5. The predicted molar refractivity (Wildman–Crippen MR) is 188 cm³/mol. The molecule has 43 heavy (non-hydrogen) atoms. The Morgan fingerprint density at radius 1 is 0.581 bits per heavy atom. The van der Waals surface area contributed by atoms with E-state index in [-0.39, 0.29) is 12.5 Å². The second-order valence-electron chi connectivity index (χ2n) is 11.2. The monoisotopic (exact) mass is 595 g/mol. The van der Waals surface area contributed by atoms with Crippen LogP contribution in [0.25, 0.3) is 0 Å². The molecule has 3 N–H and O–H groups in total. The Morgan fingerprint density at radius 3 is 1.53 bits per heavy atom. The molecule has 2 unspecified atom stereocenters. The number of rotatable bonds is 29. The van der Waals surface area contributed by atoms with Gasteiger partial charge in [-0.15, -0.1) is 0 Å². The van der Waals surface area contributed by atoms with Crippen molar-refractivity contribution in [3.63, 3.8) is 0 Å². The molecule has 0 aromatic carbocycles. The molecule has 0 heterocycles. The molecule has 0 radical (unpaired) electrons. The number of carbonyl (C=O) groups excluding carboxylic acids is 1. The highest BCUT2D eigenvalue weighted by molar-refractivity contribution is 5.76. The van der Waals surface area contributed by atoms with E-state index >= 15 is 0 Å². The fourth-order valence-corrected chi connectivity index (χ4v) is 4.47. The zero-order valence-corrected chi connectivity index (χ0v) is 27.7. The van der Waals surface area contributed by atoms with E-state index in [2.05, 4.69) is 92.1 Å². The molecule has 2 atom stereocenters. The highest BCUT2D eigenvalue weighted by Crippen LogP contribution is 2.10. The van der Waals surface area contributed by atoms with Crippen molar-refractivity contribution in [2.24, 2.45) is 0 Å². The van der Waals surface area contributed by atoms with E-state index in [9.17, 15) is 15.0 Å². The van der Waals surface area contributed by atoms with Gasteiger partial charge in [0.15, 0.2) is 0 Å². The van der Waals surface area contributed by atoms with E-state index in [0.717, 1.165) is 70.6 Å². The minimum absolute atomic E-state index is 0.114. The van der Waals surface area contributed by atoms with Crippen molar-refractivity contribution < 1.29 is 15.0 Å². The third-order valence-corrected chi connectivity index (χ3v) is 7.13. The molecule has 4 heteroatoms. The summed E-state index contributed by atoms with van der Waals surface area (Å²) in [7, 11) is 0. The van der Waals surface area contributed by atoms with Crippen molar-refractivity contribution in [1.82, 2.24) is 5.32 Å². The van der Waals surface area contributed by atoms with Gasteiger partial charge in [-0.3, -0.25) is 4.79 Å². The van der Waals surface area contributed by atoms with Gasteiger partial charge >= 0.3 is 0 Å². The van der Waals surface area contributed by atoms with Crippen LogP contribution in [0.4, 0.5) is 0 Å². The fourth-order valence-electron chi connectivity index (χ4n) is 4.47. The lowest BCUT2D eigenvalue weighted by molar-refractivity contribution is -0.123. The van der Waals surface area contributed by atoms with Crippen molar-refractivity contribution in [2.75, 3.05) is 6.61 Å². The average Bonchev–Trinajstić information content (AvgIpc) is 3.01. The molecule has 0 aliphatic carbocycles. The Balaban J connectivity index is 3.80. The minimum Gasteiger partial charge on any atom is -0.394 e. The second-order valence-corrected chi connectivity index (χ2v) is 11.2. The number of aliphatic hydroxyl groups is 2. The van der Waals surface area contributed by atoms with Crippen LogP contribution in [0.3, 0.4) is 0 Å². The van der Waals surface area contributed by atoms with Crippen molar-refractivity contribution in [1.29, 1.82) is 0 Å². The van der Waals surface area contributed by atoms with Crippen LogP contribution in [0, 0.1) is 0 Å². The molecule has 0 aliphatic heterocycles. The van der Waals surface area contributed by atoms with E-state index in [1.54, 1.807) is 6.08 Å². The molecular formula is C39H65NO3. The van der Waals surface area contributed by atoms with Crippen LogP contribution in [0.15, 0.2) is 85.1 Å². The van der Waals surface area contributed by atoms with E-state index in [0.29, 0.717) is 6.42 Å². The largest absolute Gasteiger partial charge is 0.394 e. The first-order chi connectivity index (χ1) is 21.2. The molecule has 0 rings (SSSR count). The molecule has 0 fully saturated rings. The summed E-state index contributed by atoms with van der Waals surface area (Å²) in [6.07, 6.45) is 49.5. The lowest BCUT2D eigenvalue weighted by Crippen LogP contribution is -2.45. The zero-order valence-electron chi connectivity index (χ0n) is 27.7. The lowest BCUT2D eigenvalue weighted by Gasteiger charge is -2.19. The molecule has 0 bridgehead atoms. The van der Waals surface area contributed by atoms with Crippen molar-refractivity contribution in [3.8, 4) is 0 Å². The maximum Gasteiger partial charge on any atom is 0.220 e. The summed E-state index contributed by atoms with van der Waals surface area (Å²) < 4.78 is 0. The van der Waals surface area contributed by atoms with Crippen molar-refractivity contribution in [2.45, 2.75) is 148 Å². The molecule has 0 aromatic rings. The summed E-state index contributed by atoms with van der Waals surface area (Å²) in [4.78, 5) is 12.3. The van der Waals surface area contributed by atoms with Gasteiger partial charge in [0.25, 0.3) is 0 Å². The van der Waals surface area contributed by atoms with Crippen LogP contribution in [0.1, 0.15) is 136 Å². The third kappa shape index (κ3) is 30.8. The quantitative estimate of drug-likeness (QED) is 0.0595. The predicted octanol–water partition coefficient (Wildman–Crippen LogP) is 10.2. The van der Waals surface area contributed by atoms with Crippen LogP contribution in [0.5, 0.6) is 0 Å². The van der Waals surface area contributed by atoms with E-state index in [1.807, 2.05) is 6.08 Å².